The Kier molecular flexibility index (Phi) is 4.56. The minimum Gasteiger partial charge on any atom is -0.489 e. The molecule has 0 unspecified atom stereocenters. The van der Waals surface area contributed by atoms with Gasteiger partial charge < -0.3 is 4.74 Å². The smallest absolute Gasteiger partial charge is 0.127 e. The van der Waals surface area contributed by atoms with Crippen molar-refractivity contribution in [3.63, 3.8) is 0 Å². The molecular formula is C16H22O. The second kappa shape index (κ2) is 5.72. The zero-order valence-electron chi connectivity index (χ0n) is 11.1. The molecule has 0 atom stereocenters. The topological polar surface area (TPSA) is 9.23 Å². The zero-order chi connectivity index (χ0) is 12.9. The van der Waals surface area contributed by atoms with E-state index in [4.69, 9.17) is 4.74 Å². The fraction of sp³-hybridized carbons (Fsp3) is 0.375. The molecule has 92 valence electrons. The van der Waals surface area contributed by atoms with Crippen molar-refractivity contribution in [3.05, 3.63) is 54.6 Å². The molecule has 1 aromatic rings. The predicted octanol–water partition coefficient (Wildman–Crippen LogP) is 4.28. The lowest BCUT2D eigenvalue weighted by Crippen LogP contribution is -2.14. The first kappa shape index (κ1) is 13.6. The first-order chi connectivity index (χ1) is 8.00. The lowest BCUT2D eigenvalue weighted by molar-refractivity contribution is 0.347. The summed E-state index contributed by atoms with van der Waals surface area (Å²) in [5, 5.41) is 0. The van der Waals surface area contributed by atoms with Crippen LogP contribution in [0.5, 0.6) is 5.75 Å². The molecule has 0 saturated heterocycles. The first-order valence-electron chi connectivity index (χ1n) is 5.97. The van der Waals surface area contributed by atoms with Gasteiger partial charge in [-0.2, -0.15) is 0 Å². The normalized spacial score (nSPS) is 11.0. The summed E-state index contributed by atoms with van der Waals surface area (Å²) in [6.45, 7) is 14.6. The Morgan fingerprint density at radius 3 is 2.41 bits per heavy atom. The lowest BCUT2D eigenvalue weighted by Gasteiger charge is -2.24. The number of hydrogen-bond acceptors (Lipinski definition) is 1. The van der Waals surface area contributed by atoms with Gasteiger partial charge in [-0.1, -0.05) is 57.7 Å². The van der Waals surface area contributed by atoms with E-state index >= 15 is 0 Å². The van der Waals surface area contributed by atoms with Crippen LogP contribution in [-0.2, 0) is 11.8 Å². The summed E-state index contributed by atoms with van der Waals surface area (Å²) in [6.07, 6.45) is 4.51. The summed E-state index contributed by atoms with van der Waals surface area (Å²) in [5.74, 6) is 0.986. The van der Waals surface area contributed by atoms with Gasteiger partial charge in [-0.05, 0) is 23.0 Å². The number of hydrogen-bond donors (Lipinski definition) is 0. The van der Waals surface area contributed by atoms with E-state index in [1.807, 2.05) is 6.08 Å². The van der Waals surface area contributed by atoms with Gasteiger partial charge in [0.1, 0.15) is 12.4 Å². The molecule has 0 aliphatic rings. The van der Waals surface area contributed by atoms with E-state index in [0.717, 1.165) is 12.2 Å². The van der Waals surface area contributed by atoms with Crippen LogP contribution in [0.2, 0.25) is 0 Å². The fourth-order valence-corrected chi connectivity index (χ4v) is 1.80. The van der Waals surface area contributed by atoms with Crippen LogP contribution in [0, 0.1) is 0 Å². The van der Waals surface area contributed by atoms with Crippen LogP contribution in [0.15, 0.2) is 43.5 Å². The van der Waals surface area contributed by atoms with E-state index in [9.17, 15) is 0 Å². The van der Waals surface area contributed by atoms with E-state index in [2.05, 4.69) is 52.1 Å². The monoisotopic (exact) mass is 230 g/mol. The zero-order valence-corrected chi connectivity index (χ0v) is 11.1. The van der Waals surface area contributed by atoms with Gasteiger partial charge in [0.15, 0.2) is 0 Å². The molecule has 1 aromatic carbocycles. The molecule has 0 heterocycles. The van der Waals surface area contributed by atoms with Gasteiger partial charge in [0.2, 0.25) is 0 Å². The third kappa shape index (κ3) is 3.48. The molecule has 0 aliphatic carbocycles. The summed E-state index contributed by atoms with van der Waals surface area (Å²) in [6, 6.07) is 6.31. The number of benzene rings is 1. The van der Waals surface area contributed by atoms with Crippen LogP contribution in [0.25, 0.3) is 0 Å². The van der Waals surface area contributed by atoms with E-state index < -0.39 is 0 Å². The second-order valence-corrected chi connectivity index (χ2v) is 5.14. The average molecular weight is 230 g/mol. The van der Waals surface area contributed by atoms with Crippen LogP contribution in [0.1, 0.15) is 31.9 Å². The summed E-state index contributed by atoms with van der Waals surface area (Å²) in [5.41, 5.74) is 2.50. The molecule has 0 amide bonds. The number of rotatable bonds is 5. The van der Waals surface area contributed by atoms with Crippen molar-refractivity contribution in [1.29, 1.82) is 0 Å². The summed E-state index contributed by atoms with van der Waals surface area (Å²) >= 11 is 0. The highest BCUT2D eigenvalue weighted by molar-refractivity contribution is 5.46. The van der Waals surface area contributed by atoms with E-state index in [-0.39, 0.29) is 5.41 Å². The maximum absolute atomic E-state index is 5.83. The van der Waals surface area contributed by atoms with Crippen molar-refractivity contribution >= 4 is 0 Å². The third-order valence-corrected chi connectivity index (χ3v) is 2.61. The van der Waals surface area contributed by atoms with Crippen molar-refractivity contribution in [3.8, 4) is 5.75 Å². The Labute approximate surface area is 105 Å². The molecule has 0 spiro atoms. The molecule has 1 nitrogen and oxygen atoms in total. The average Bonchev–Trinajstić information content (AvgIpc) is 2.26. The fourth-order valence-electron chi connectivity index (χ4n) is 1.80. The summed E-state index contributed by atoms with van der Waals surface area (Å²) < 4.78 is 5.83. The Balaban J connectivity index is 3.23. The third-order valence-electron chi connectivity index (χ3n) is 2.61. The van der Waals surface area contributed by atoms with E-state index in [0.29, 0.717) is 6.61 Å². The Hall–Kier alpha value is -1.50. The van der Waals surface area contributed by atoms with Gasteiger partial charge in [-0.3, -0.25) is 0 Å². The molecule has 0 bridgehead atoms. The van der Waals surface area contributed by atoms with Crippen molar-refractivity contribution in [2.75, 3.05) is 6.61 Å². The van der Waals surface area contributed by atoms with Gasteiger partial charge in [-0.15, -0.1) is 6.58 Å². The van der Waals surface area contributed by atoms with E-state index in [1.54, 1.807) is 6.08 Å². The molecule has 1 rings (SSSR count). The summed E-state index contributed by atoms with van der Waals surface area (Å²) in [7, 11) is 0. The quantitative estimate of drug-likeness (QED) is 0.686. The molecular weight excluding hydrogens is 208 g/mol. The predicted molar refractivity (Wildman–Crippen MR) is 74.7 cm³/mol. The Morgan fingerprint density at radius 1 is 1.18 bits per heavy atom. The highest BCUT2D eigenvalue weighted by atomic mass is 16.5. The van der Waals surface area contributed by atoms with Crippen molar-refractivity contribution in [2.45, 2.75) is 32.6 Å². The highest BCUT2D eigenvalue weighted by Gasteiger charge is 2.20. The molecule has 0 saturated carbocycles. The van der Waals surface area contributed by atoms with Crippen molar-refractivity contribution < 1.29 is 4.74 Å². The van der Waals surface area contributed by atoms with Gasteiger partial charge >= 0.3 is 0 Å². The molecule has 17 heavy (non-hydrogen) atoms. The standard InChI is InChI=1S/C16H22O/c1-6-9-13-10-8-11-14(16(3,4)5)15(13)17-12-7-2/h6-8,10-11H,1-2,9,12H2,3-5H3. The summed E-state index contributed by atoms with van der Waals surface area (Å²) in [4.78, 5) is 0. The van der Waals surface area contributed by atoms with Gasteiger partial charge in [0.05, 0.1) is 0 Å². The minimum atomic E-state index is 0.0771. The molecule has 0 radical (unpaired) electrons. The largest absolute Gasteiger partial charge is 0.489 e. The van der Waals surface area contributed by atoms with Gasteiger partial charge in [0.25, 0.3) is 0 Å². The van der Waals surface area contributed by atoms with Crippen LogP contribution in [-0.4, -0.2) is 6.61 Å². The Bertz CT molecular complexity index is 396. The van der Waals surface area contributed by atoms with Gasteiger partial charge in [-0.25, -0.2) is 0 Å². The maximum Gasteiger partial charge on any atom is 0.127 e. The van der Waals surface area contributed by atoms with Gasteiger partial charge in [0, 0.05) is 0 Å². The molecule has 0 aromatic heterocycles. The van der Waals surface area contributed by atoms with Crippen molar-refractivity contribution in [2.24, 2.45) is 0 Å². The molecule has 1 heteroatoms. The van der Waals surface area contributed by atoms with Crippen LogP contribution in [0.3, 0.4) is 0 Å². The Morgan fingerprint density at radius 2 is 1.88 bits per heavy atom. The van der Waals surface area contributed by atoms with Crippen LogP contribution >= 0.6 is 0 Å². The van der Waals surface area contributed by atoms with Crippen LogP contribution in [0.4, 0.5) is 0 Å². The number of allylic oxidation sites excluding steroid dienone is 1. The van der Waals surface area contributed by atoms with E-state index in [1.165, 1.54) is 11.1 Å². The number of ether oxygens (including phenoxy) is 1. The SMILES string of the molecule is C=CCOc1c(CC=C)cccc1C(C)(C)C. The number of para-hydroxylation sites is 1. The molecule has 0 aliphatic heterocycles. The molecule has 0 N–H and O–H groups in total. The lowest BCUT2D eigenvalue weighted by atomic mass is 9.85. The highest BCUT2D eigenvalue weighted by Crippen LogP contribution is 2.34. The first-order valence-corrected chi connectivity index (χ1v) is 5.97. The van der Waals surface area contributed by atoms with Crippen LogP contribution < -0.4 is 4.74 Å². The maximum atomic E-state index is 5.83. The second-order valence-electron chi connectivity index (χ2n) is 5.14. The molecule has 0 fully saturated rings. The minimum absolute atomic E-state index is 0.0771. The van der Waals surface area contributed by atoms with Crippen molar-refractivity contribution in [1.82, 2.24) is 0 Å².